The predicted octanol–water partition coefficient (Wildman–Crippen LogP) is 5.67. The first kappa shape index (κ1) is 20.8. The Morgan fingerprint density at radius 2 is 1.76 bits per heavy atom. The molecule has 0 fully saturated rings. The fraction of sp³-hybridized carbons (Fsp3) is 0.185. The molecule has 3 aromatic carbocycles. The number of ether oxygens (including phenoxy) is 1. The Labute approximate surface area is 192 Å². The Kier molecular flexibility index (Phi) is 5.34. The number of hydrogen-bond acceptors (Lipinski definition) is 4. The van der Waals surface area contributed by atoms with Crippen LogP contribution in [0.5, 0.6) is 5.75 Å². The Hall–Kier alpha value is -4.06. The van der Waals surface area contributed by atoms with E-state index in [0.717, 1.165) is 45.2 Å². The summed E-state index contributed by atoms with van der Waals surface area (Å²) in [4.78, 5) is 18.4. The van der Waals surface area contributed by atoms with Crippen LogP contribution in [0.3, 0.4) is 0 Å². The molecule has 1 aliphatic heterocycles. The van der Waals surface area contributed by atoms with Gasteiger partial charge in [0.25, 0.3) is 5.91 Å². The summed E-state index contributed by atoms with van der Waals surface area (Å²) in [6.07, 6.45) is 0. The molecular weight excluding hydrogens is 412 g/mol. The number of hydrogen-bond donors (Lipinski definition) is 2. The van der Waals surface area contributed by atoms with E-state index in [4.69, 9.17) is 9.72 Å². The maximum atomic E-state index is 13.6. The van der Waals surface area contributed by atoms with Crippen molar-refractivity contribution in [2.45, 2.75) is 26.8 Å². The molecule has 33 heavy (non-hydrogen) atoms. The zero-order valence-electron chi connectivity index (χ0n) is 18.9. The van der Waals surface area contributed by atoms with Gasteiger partial charge in [-0.15, -0.1) is 0 Å². The number of carbonyl (C=O) groups excluding carboxylic acids is 1. The van der Waals surface area contributed by atoms with Gasteiger partial charge >= 0.3 is 0 Å². The van der Waals surface area contributed by atoms with Crippen molar-refractivity contribution in [1.29, 1.82) is 0 Å². The van der Waals surface area contributed by atoms with Crippen molar-refractivity contribution in [3.63, 3.8) is 0 Å². The van der Waals surface area contributed by atoms with Crippen LogP contribution in [0.1, 0.15) is 31.0 Å². The number of amides is 1. The van der Waals surface area contributed by atoms with Crippen molar-refractivity contribution in [2.24, 2.45) is 0 Å². The number of anilines is 2. The van der Waals surface area contributed by atoms with E-state index >= 15 is 0 Å². The van der Waals surface area contributed by atoms with Crippen LogP contribution in [0.2, 0.25) is 0 Å². The van der Waals surface area contributed by atoms with Gasteiger partial charge in [0.1, 0.15) is 5.75 Å². The molecule has 0 spiro atoms. The average molecular weight is 439 g/mol. The number of allylic oxidation sites excluding steroid dienone is 1. The summed E-state index contributed by atoms with van der Waals surface area (Å²) in [6, 6.07) is 23.4. The molecule has 0 saturated heterocycles. The van der Waals surface area contributed by atoms with Crippen LogP contribution in [0.4, 0.5) is 11.6 Å². The predicted molar refractivity (Wildman–Crippen MR) is 132 cm³/mol. The highest BCUT2D eigenvalue weighted by Crippen LogP contribution is 2.39. The number of carbonyl (C=O) groups is 1. The molecule has 1 aliphatic rings. The van der Waals surface area contributed by atoms with Gasteiger partial charge in [0.05, 0.1) is 29.3 Å². The Bertz CT molecular complexity index is 1350. The second-order valence-corrected chi connectivity index (χ2v) is 8.18. The van der Waals surface area contributed by atoms with Gasteiger partial charge in [0, 0.05) is 11.4 Å². The molecule has 2 N–H and O–H groups in total. The second kappa shape index (κ2) is 8.47. The summed E-state index contributed by atoms with van der Waals surface area (Å²) in [6.45, 7) is 6.52. The number of nitrogens with one attached hydrogen (secondary N) is 2. The molecule has 2 heterocycles. The van der Waals surface area contributed by atoms with E-state index in [1.165, 1.54) is 0 Å². The van der Waals surface area contributed by atoms with Crippen molar-refractivity contribution in [2.75, 3.05) is 17.2 Å². The SMILES string of the molecule is CCOc1ccc([C@@H]2C(C(=O)Nc3ccc(C)cc3)=C(C)Nc3nc4ccccc4n32)cc1. The fourth-order valence-electron chi connectivity index (χ4n) is 4.32. The Morgan fingerprint density at radius 1 is 1.03 bits per heavy atom. The molecule has 6 heteroatoms. The average Bonchev–Trinajstić information content (AvgIpc) is 3.18. The van der Waals surface area contributed by atoms with Gasteiger partial charge in [0.2, 0.25) is 5.95 Å². The lowest BCUT2D eigenvalue weighted by atomic mass is 9.94. The second-order valence-electron chi connectivity index (χ2n) is 8.18. The van der Waals surface area contributed by atoms with Gasteiger partial charge in [-0.2, -0.15) is 0 Å². The van der Waals surface area contributed by atoms with Crippen molar-refractivity contribution in [3.8, 4) is 5.75 Å². The zero-order valence-corrected chi connectivity index (χ0v) is 18.9. The lowest BCUT2D eigenvalue weighted by Gasteiger charge is -2.30. The van der Waals surface area contributed by atoms with Crippen molar-refractivity contribution in [1.82, 2.24) is 9.55 Å². The minimum Gasteiger partial charge on any atom is -0.494 e. The van der Waals surface area contributed by atoms with Crippen LogP contribution in [0.25, 0.3) is 11.0 Å². The summed E-state index contributed by atoms with van der Waals surface area (Å²) in [7, 11) is 0. The molecule has 1 aromatic heterocycles. The summed E-state index contributed by atoms with van der Waals surface area (Å²) < 4.78 is 7.73. The molecule has 0 unspecified atom stereocenters. The van der Waals surface area contributed by atoms with Crippen LogP contribution in [-0.2, 0) is 4.79 Å². The topological polar surface area (TPSA) is 68.2 Å². The summed E-state index contributed by atoms with van der Waals surface area (Å²) in [5, 5.41) is 6.43. The number of nitrogens with zero attached hydrogens (tertiary/aromatic N) is 2. The smallest absolute Gasteiger partial charge is 0.255 e. The van der Waals surface area contributed by atoms with Crippen LogP contribution in [0.15, 0.2) is 84.1 Å². The standard InChI is InChI=1S/C27H26N4O2/c1-4-33-21-15-11-19(12-16-21)25-24(26(32)29-20-13-9-17(2)10-14-20)18(3)28-27-30-22-7-5-6-8-23(22)31(25)27/h5-16,25H,4H2,1-3H3,(H,28,30)(H,29,32)/t25-/m1/s1. The van der Waals surface area contributed by atoms with Crippen molar-refractivity contribution < 1.29 is 9.53 Å². The van der Waals surface area contributed by atoms with E-state index in [-0.39, 0.29) is 11.9 Å². The largest absolute Gasteiger partial charge is 0.494 e. The number of imidazole rings is 1. The fourth-order valence-corrected chi connectivity index (χ4v) is 4.32. The normalized spacial score (nSPS) is 15.2. The van der Waals surface area contributed by atoms with Crippen molar-refractivity contribution in [3.05, 3.63) is 95.2 Å². The molecule has 0 radical (unpaired) electrons. The molecule has 0 aliphatic carbocycles. The highest BCUT2D eigenvalue weighted by molar-refractivity contribution is 6.06. The summed E-state index contributed by atoms with van der Waals surface area (Å²) in [5.74, 6) is 1.38. The number of rotatable bonds is 5. The maximum Gasteiger partial charge on any atom is 0.255 e. The number of fused-ring (bicyclic) bond motifs is 3. The minimum absolute atomic E-state index is 0.147. The van der Waals surface area contributed by atoms with Gasteiger partial charge < -0.3 is 15.4 Å². The van der Waals surface area contributed by atoms with Crippen LogP contribution in [-0.4, -0.2) is 22.1 Å². The molecule has 166 valence electrons. The third-order valence-corrected chi connectivity index (χ3v) is 5.89. The van der Waals surface area contributed by atoms with Gasteiger partial charge in [0.15, 0.2) is 0 Å². The van der Waals surface area contributed by atoms with E-state index in [1.54, 1.807) is 0 Å². The van der Waals surface area contributed by atoms with Gasteiger partial charge in [-0.05, 0) is 62.7 Å². The lowest BCUT2D eigenvalue weighted by Crippen LogP contribution is -2.30. The molecule has 1 amide bonds. The number of benzene rings is 3. The quantitative estimate of drug-likeness (QED) is 0.421. The molecule has 4 aromatic rings. The van der Waals surface area contributed by atoms with Crippen LogP contribution in [0, 0.1) is 6.92 Å². The van der Waals surface area contributed by atoms with Crippen LogP contribution >= 0.6 is 0 Å². The third kappa shape index (κ3) is 3.84. The summed E-state index contributed by atoms with van der Waals surface area (Å²) in [5.41, 5.74) is 6.16. The highest BCUT2D eigenvalue weighted by atomic mass is 16.5. The maximum absolute atomic E-state index is 13.6. The van der Waals surface area contributed by atoms with E-state index in [0.29, 0.717) is 12.2 Å². The van der Waals surface area contributed by atoms with E-state index in [9.17, 15) is 4.79 Å². The Balaban J connectivity index is 1.62. The van der Waals surface area contributed by atoms with E-state index in [2.05, 4.69) is 15.2 Å². The third-order valence-electron chi connectivity index (χ3n) is 5.89. The first-order valence-electron chi connectivity index (χ1n) is 11.1. The molecular formula is C27H26N4O2. The molecule has 0 saturated carbocycles. The molecule has 0 bridgehead atoms. The summed E-state index contributed by atoms with van der Waals surface area (Å²) >= 11 is 0. The first-order chi connectivity index (χ1) is 16.0. The monoisotopic (exact) mass is 438 g/mol. The Morgan fingerprint density at radius 3 is 2.48 bits per heavy atom. The zero-order chi connectivity index (χ0) is 22.9. The minimum atomic E-state index is -0.338. The van der Waals surface area contributed by atoms with Gasteiger partial charge in [-0.1, -0.05) is 42.0 Å². The van der Waals surface area contributed by atoms with E-state index in [1.807, 2.05) is 93.6 Å². The first-order valence-corrected chi connectivity index (χ1v) is 11.1. The van der Waals surface area contributed by atoms with Crippen molar-refractivity contribution >= 4 is 28.6 Å². The van der Waals surface area contributed by atoms with Gasteiger partial charge in [-0.3, -0.25) is 9.36 Å². The molecule has 6 nitrogen and oxygen atoms in total. The molecule has 5 rings (SSSR count). The lowest BCUT2D eigenvalue weighted by molar-refractivity contribution is -0.113. The number of aromatic nitrogens is 2. The van der Waals surface area contributed by atoms with E-state index < -0.39 is 0 Å². The number of para-hydroxylation sites is 2. The number of aryl methyl sites for hydroxylation is 1. The highest BCUT2D eigenvalue weighted by Gasteiger charge is 2.34. The molecule has 1 atom stereocenters. The van der Waals surface area contributed by atoms with Gasteiger partial charge in [-0.25, -0.2) is 4.98 Å². The van der Waals surface area contributed by atoms with Crippen LogP contribution < -0.4 is 15.4 Å².